The molecule has 3 rings (SSSR count). The molecule has 2 N–H and O–H groups in total. The molecule has 1 saturated heterocycles. The summed E-state index contributed by atoms with van der Waals surface area (Å²) >= 11 is 6.14. The predicted octanol–water partition coefficient (Wildman–Crippen LogP) is 1.10. The molecule has 9 heteroatoms. The first-order valence-electron chi connectivity index (χ1n) is 7.94. The maximum absolute atomic E-state index is 10.5. The largest absolute Gasteiger partial charge is 0.394 e. The normalized spacial score (nSPS) is 17.5. The Morgan fingerprint density at radius 3 is 2.50 bits per heavy atom. The highest BCUT2D eigenvalue weighted by molar-refractivity contribution is 6.28. The third-order valence-electron chi connectivity index (χ3n) is 4.06. The molecule has 0 aromatic carbocycles. The highest BCUT2D eigenvalue weighted by atomic mass is 35.5. The van der Waals surface area contributed by atoms with Gasteiger partial charge in [0.05, 0.1) is 25.9 Å². The van der Waals surface area contributed by atoms with Crippen molar-refractivity contribution in [1.29, 1.82) is 0 Å². The molecule has 2 aromatic heterocycles. The van der Waals surface area contributed by atoms with Crippen LogP contribution < -0.4 is 4.90 Å². The van der Waals surface area contributed by atoms with Gasteiger partial charge in [-0.1, -0.05) is 0 Å². The van der Waals surface area contributed by atoms with Crippen molar-refractivity contribution in [2.24, 2.45) is 0 Å². The number of halogens is 1. The molecule has 1 aliphatic rings. The van der Waals surface area contributed by atoms with Crippen LogP contribution in [0.25, 0.3) is 11.2 Å². The number of imidazole rings is 1. The second-order valence-corrected chi connectivity index (χ2v) is 6.82. The predicted molar refractivity (Wildman–Crippen MR) is 90.4 cm³/mol. The maximum atomic E-state index is 10.5. The molecule has 0 amide bonds. The summed E-state index contributed by atoms with van der Waals surface area (Å²) in [5.41, 5.74) is -0.118. The average Bonchev–Trinajstić information content (AvgIpc) is 2.93. The molecule has 1 aliphatic heterocycles. The van der Waals surface area contributed by atoms with E-state index in [-0.39, 0.29) is 17.9 Å². The molecule has 24 heavy (non-hydrogen) atoms. The van der Waals surface area contributed by atoms with Crippen LogP contribution in [0.3, 0.4) is 0 Å². The number of aliphatic hydroxyl groups excluding tert-OH is 1. The molecule has 1 atom stereocenters. The van der Waals surface area contributed by atoms with Gasteiger partial charge in [0.25, 0.3) is 0 Å². The van der Waals surface area contributed by atoms with Crippen LogP contribution in [-0.2, 0) is 10.3 Å². The maximum Gasteiger partial charge on any atom is 0.226 e. The Kier molecular flexibility index (Phi) is 4.65. The molecule has 3 heterocycles. The Hall–Kier alpha value is -1.48. The SMILES string of the molecule is CC(CO)n1c(C(C)(C)O)nc2c(N3CCOCC3)nc(Cl)nc21. The first kappa shape index (κ1) is 17.3. The van der Waals surface area contributed by atoms with Crippen molar-refractivity contribution in [3.63, 3.8) is 0 Å². The van der Waals surface area contributed by atoms with Crippen LogP contribution in [0, 0.1) is 0 Å². The van der Waals surface area contributed by atoms with Crippen molar-refractivity contribution in [3.05, 3.63) is 11.1 Å². The molecular weight excluding hydrogens is 334 g/mol. The Bertz CT molecular complexity index is 737. The highest BCUT2D eigenvalue weighted by Crippen LogP contribution is 2.32. The summed E-state index contributed by atoms with van der Waals surface area (Å²) < 4.78 is 7.11. The zero-order valence-corrected chi connectivity index (χ0v) is 14.8. The Balaban J connectivity index is 2.26. The standard InChI is InChI=1S/C15H22ClN5O3/c1-9(8-22)21-12-10(17-13(21)15(2,3)23)11(18-14(16)19-12)20-4-6-24-7-5-20/h9,22-23H,4-8H2,1-3H3. The molecular formula is C15H22ClN5O3. The molecule has 0 saturated carbocycles. The molecule has 0 spiro atoms. The van der Waals surface area contributed by atoms with Crippen LogP contribution in [0.4, 0.5) is 5.82 Å². The van der Waals surface area contributed by atoms with Crippen LogP contribution in [0.5, 0.6) is 0 Å². The van der Waals surface area contributed by atoms with Gasteiger partial charge in [0.15, 0.2) is 17.0 Å². The number of ether oxygens (including phenoxy) is 1. The van der Waals surface area contributed by atoms with E-state index in [0.717, 1.165) is 0 Å². The average molecular weight is 356 g/mol. The second-order valence-electron chi connectivity index (χ2n) is 6.48. The van der Waals surface area contributed by atoms with E-state index >= 15 is 0 Å². The zero-order chi connectivity index (χ0) is 17.5. The summed E-state index contributed by atoms with van der Waals surface area (Å²) in [5.74, 6) is 1.05. The molecule has 0 radical (unpaired) electrons. The summed E-state index contributed by atoms with van der Waals surface area (Å²) in [7, 11) is 0. The van der Waals surface area contributed by atoms with Gasteiger partial charge in [0.2, 0.25) is 5.28 Å². The van der Waals surface area contributed by atoms with E-state index in [2.05, 4.69) is 19.9 Å². The van der Waals surface area contributed by atoms with Crippen LogP contribution >= 0.6 is 11.6 Å². The van der Waals surface area contributed by atoms with E-state index in [0.29, 0.717) is 49.1 Å². The number of aliphatic hydroxyl groups is 2. The summed E-state index contributed by atoms with van der Waals surface area (Å²) in [6.45, 7) is 7.61. The lowest BCUT2D eigenvalue weighted by Crippen LogP contribution is -2.37. The van der Waals surface area contributed by atoms with Crippen molar-refractivity contribution in [3.8, 4) is 0 Å². The van der Waals surface area contributed by atoms with E-state index in [4.69, 9.17) is 16.3 Å². The lowest BCUT2D eigenvalue weighted by atomic mass is 10.1. The Morgan fingerprint density at radius 1 is 1.25 bits per heavy atom. The van der Waals surface area contributed by atoms with Gasteiger partial charge in [0, 0.05) is 13.1 Å². The van der Waals surface area contributed by atoms with Gasteiger partial charge >= 0.3 is 0 Å². The molecule has 1 fully saturated rings. The minimum Gasteiger partial charge on any atom is -0.394 e. The van der Waals surface area contributed by atoms with Crippen LogP contribution in [0.2, 0.25) is 5.28 Å². The van der Waals surface area contributed by atoms with Gasteiger partial charge in [-0.15, -0.1) is 0 Å². The summed E-state index contributed by atoms with van der Waals surface area (Å²) in [4.78, 5) is 15.3. The zero-order valence-electron chi connectivity index (χ0n) is 14.0. The van der Waals surface area contributed by atoms with E-state index < -0.39 is 5.60 Å². The number of nitrogens with zero attached hydrogens (tertiary/aromatic N) is 5. The summed E-state index contributed by atoms with van der Waals surface area (Å²) in [5, 5.41) is 20.2. The van der Waals surface area contributed by atoms with E-state index in [1.54, 1.807) is 18.4 Å². The monoisotopic (exact) mass is 355 g/mol. The fourth-order valence-corrected chi connectivity index (χ4v) is 3.02. The van der Waals surface area contributed by atoms with Crippen molar-refractivity contribution in [2.75, 3.05) is 37.8 Å². The van der Waals surface area contributed by atoms with E-state index in [1.165, 1.54) is 0 Å². The van der Waals surface area contributed by atoms with Gasteiger partial charge in [-0.25, -0.2) is 4.98 Å². The first-order chi connectivity index (χ1) is 11.3. The molecule has 2 aromatic rings. The first-order valence-corrected chi connectivity index (χ1v) is 8.32. The number of aromatic nitrogens is 4. The summed E-state index contributed by atoms with van der Waals surface area (Å²) in [6.07, 6.45) is 0. The Morgan fingerprint density at radius 2 is 1.92 bits per heavy atom. The fourth-order valence-electron chi connectivity index (χ4n) is 2.86. The van der Waals surface area contributed by atoms with Gasteiger partial charge in [-0.05, 0) is 32.4 Å². The topological polar surface area (TPSA) is 96.5 Å². The highest BCUT2D eigenvalue weighted by Gasteiger charge is 2.30. The van der Waals surface area contributed by atoms with Crippen molar-refractivity contribution < 1.29 is 14.9 Å². The number of fused-ring (bicyclic) bond motifs is 1. The van der Waals surface area contributed by atoms with Crippen LogP contribution in [0.1, 0.15) is 32.6 Å². The van der Waals surface area contributed by atoms with E-state index in [9.17, 15) is 10.2 Å². The number of rotatable bonds is 4. The third-order valence-corrected chi connectivity index (χ3v) is 4.23. The van der Waals surface area contributed by atoms with Gasteiger partial charge in [-0.3, -0.25) is 0 Å². The Labute approximate surface area is 145 Å². The van der Waals surface area contributed by atoms with Crippen molar-refractivity contribution >= 4 is 28.6 Å². The van der Waals surface area contributed by atoms with E-state index in [1.807, 2.05) is 6.92 Å². The molecule has 8 nitrogen and oxygen atoms in total. The molecule has 132 valence electrons. The summed E-state index contributed by atoms with van der Waals surface area (Å²) in [6, 6.07) is -0.306. The minimum absolute atomic E-state index is 0.108. The fraction of sp³-hybridized carbons (Fsp3) is 0.667. The van der Waals surface area contributed by atoms with Gasteiger partial charge in [0.1, 0.15) is 11.4 Å². The van der Waals surface area contributed by atoms with Crippen LogP contribution in [-0.4, -0.2) is 62.6 Å². The molecule has 0 bridgehead atoms. The number of anilines is 1. The second kappa shape index (κ2) is 6.44. The van der Waals surface area contributed by atoms with Gasteiger partial charge in [-0.2, -0.15) is 9.97 Å². The van der Waals surface area contributed by atoms with Gasteiger partial charge < -0.3 is 24.4 Å². The quantitative estimate of drug-likeness (QED) is 0.792. The number of morpholine rings is 1. The van der Waals surface area contributed by atoms with Crippen molar-refractivity contribution in [1.82, 2.24) is 19.5 Å². The minimum atomic E-state index is -1.20. The smallest absolute Gasteiger partial charge is 0.226 e. The number of hydrogen-bond donors (Lipinski definition) is 2. The number of hydrogen-bond acceptors (Lipinski definition) is 7. The van der Waals surface area contributed by atoms with Crippen molar-refractivity contribution in [2.45, 2.75) is 32.4 Å². The lowest BCUT2D eigenvalue weighted by molar-refractivity contribution is 0.0619. The molecule has 1 unspecified atom stereocenters. The van der Waals surface area contributed by atoms with Crippen LogP contribution in [0.15, 0.2) is 0 Å². The molecule has 0 aliphatic carbocycles. The lowest BCUT2D eigenvalue weighted by Gasteiger charge is -2.27. The third kappa shape index (κ3) is 3.06.